The summed E-state index contributed by atoms with van der Waals surface area (Å²) in [5.74, 6) is -0.833. The number of rotatable bonds is 0. The highest BCUT2D eigenvalue weighted by atomic mass is 16.5. The van der Waals surface area contributed by atoms with Gasteiger partial charge in [-0.1, -0.05) is 0 Å². The third kappa shape index (κ3) is 7.50. The molecule has 1 aliphatic rings. The third-order valence-corrected chi connectivity index (χ3v) is 1.33. The summed E-state index contributed by atoms with van der Waals surface area (Å²) in [4.78, 5) is 9.00. The molecule has 12 heavy (non-hydrogen) atoms. The lowest BCUT2D eigenvalue weighted by Crippen LogP contribution is -2.41. The van der Waals surface area contributed by atoms with Gasteiger partial charge in [-0.25, -0.2) is 0 Å². The van der Waals surface area contributed by atoms with Gasteiger partial charge in [-0.2, -0.15) is 0 Å². The molecule has 1 heterocycles. The van der Waals surface area contributed by atoms with E-state index in [0.29, 0.717) is 12.2 Å². The Balaban J connectivity index is 0.000000261. The smallest absolute Gasteiger partial charge is 0.300 e. The second-order valence-electron chi connectivity index (χ2n) is 2.93. The normalized spacial score (nSPS) is 28.6. The quantitative estimate of drug-likeness (QED) is 0.562. The molecule has 0 saturated carbocycles. The van der Waals surface area contributed by atoms with Gasteiger partial charge in [-0.3, -0.25) is 4.79 Å². The number of carboxylic acids is 1. The predicted octanol–water partition coefficient (Wildman–Crippen LogP) is 0.474. The summed E-state index contributed by atoms with van der Waals surface area (Å²) < 4.78 is 5.42. The van der Waals surface area contributed by atoms with Crippen molar-refractivity contribution in [1.29, 1.82) is 0 Å². The van der Waals surface area contributed by atoms with Gasteiger partial charge >= 0.3 is 0 Å². The molecule has 0 amide bonds. The van der Waals surface area contributed by atoms with E-state index in [4.69, 9.17) is 14.6 Å². The molecule has 2 unspecified atom stereocenters. The summed E-state index contributed by atoms with van der Waals surface area (Å²) >= 11 is 0. The van der Waals surface area contributed by atoms with Crippen molar-refractivity contribution in [3.05, 3.63) is 0 Å². The first-order valence-electron chi connectivity index (χ1n) is 4.08. The molecule has 1 saturated heterocycles. The molecule has 1 rings (SSSR count). The van der Waals surface area contributed by atoms with E-state index in [1.807, 2.05) is 0 Å². The number of hydrogen-bond acceptors (Lipinski definition) is 3. The second kappa shape index (κ2) is 5.97. The minimum Gasteiger partial charge on any atom is -0.481 e. The van der Waals surface area contributed by atoms with Gasteiger partial charge in [0.15, 0.2) is 0 Å². The maximum Gasteiger partial charge on any atom is 0.300 e. The number of ether oxygens (including phenoxy) is 1. The summed E-state index contributed by atoms with van der Waals surface area (Å²) in [6, 6.07) is 0. The Morgan fingerprint density at radius 3 is 1.92 bits per heavy atom. The topological polar surface area (TPSA) is 58.6 Å². The zero-order valence-electron chi connectivity index (χ0n) is 7.83. The van der Waals surface area contributed by atoms with Gasteiger partial charge in [0.25, 0.3) is 5.97 Å². The molecule has 0 aromatic rings. The first-order valence-corrected chi connectivity index (χ1v) is 4.08. The van der Waals surface area contributed by atoms with Crippen molar-refractivity contribution in [2.75, 3.05) is 13.1 Å². The molecular weight excluding hydrogens is 158 g/mol. The maximum absolute atomic E-state index is 9.00. The SMILES string of the molecule is CC(=O)O.CC1CNCC(C)O1. The first kappa shape index (κ1) is 11.4. The largest absolute Gasteiger partial charge is 0.481 e. The van der Waals surface area contributed by atoms with Gasteiger partial charge in [-0.15, -0.1) is 0 Å². The molecule has 0 aromatic carbocycles. The van der Waals surface area contributed by atoms with Crippen molar-refractivity contribution in [2.45, 2.75) is 33.0 Å². The molecule has 0 aromatic heterocycles. The van der Waals surface area contributed by atoms with E-state index in [1.165, 1.54) is 0 Å². The Bertz CT molecular complexity index is 126. The van der Waals surface area contributed by atoms with E-state index in [0.717, 1.165) is 20.0 Å². The lowest BCUT2D eigenvalue weighted by Gasteiger charge is -2.25. The molecule has 1 fully saturated rings. The molecule has 0 radical (unpaired) electrons. The average molecular weight is 175 g/mol. The van der Waals surface area contributed by atoms with Crippen molar-refractivity contribution in [2.24, 2.45) is 0 Å². The van der Waals surface area contributed by atoms with Crippen LogP contribution in [0.5, 0.6) is 0 Å². The minimum absolute atomic E-state index is 0.402. The number of carboxylic acid groups (broad SMARTS) is 1. The lowest BCUT2D eigenvalue weighted by atomic mass is 10.3. The Labute approximate surface area is 72.9 Å². The Morgan fingerprint density at radius 1 is 1.42 bits per heavy atom. The molecule has 2 atom stereocenters. The fraction of sp³-hybridized carbons (Fsp3) is 0.875. The molecule has 72 valence electrons. The number of carbonyl (C=O) groups is 1. The number of aliphatic carboxylic acids is 1. The second-order valence-corrected chi connectivity index (χ2v) is 2.93. The van der Waals surface area contributed by atoms with Crippen LogP contribution < -0.4 is 5.32 Å². The highest BCUT2D eigenvalue weighted by Gasteiger charge is 2.12. The van der Waals surface area contributed by atoms with Crippen LogP contribution in [-0.4, -0.2) is 36.4 Å². The van der Waals surface area contributed by atoms with E-state index >= 15 is 0 Å². The summed E-state index contributed by atoms with van der Waals surface area (Å²) in [7, 11) is 0. The van der Waals surface area contributed by atoms with Gasteiger partial charge in [-0.05, 0) is 13.8 Å². The monoisotopic (exact) mass is 175 g/mol. The van der Waals surface area contributed by atoms with E-state index in [2.05, 4.69) is 19.2 Å². The van der Waals surface area contributed by atoms with Crippen LogP contribution >= 0.6 is 0 Å². The van der Waals surface area contributed by atoms with Crippen LogP contribution in [0.15, 0.2) is 0 Å². The zero-order chi connectivity index (χ0) is 9.56. The van der Waals surface area contributed by atoms with Crippen molar-refractivity contribution in [3.8, 4) is 0 Å². The molecule has 4 nitrogen and oxygen atoms in total. The van der Waals surface area contributed by atoms with E-state index < -0.39 is 5.97 Å². The number of hydrogen-bond donors (Lipinski definition) is 2. The van der Waals surface area contributed by atoms with Crippen molar-refractivity contribution >= 4 is 5.97 Å². The van der Waals surface area contributed by atoms with Gasteiger partial charge in [0.05, 0.1) is 12.2 Å². The summed E-state index contributed by atoms with van der Waals surface area (Å²) in [6.07, 6.45) is 0.803. The van der Waals surface area contributed by atoms with Crippen molar-refractivity contribution in [3.63, 3.8) is 0 Å². The molecule has 0 spiro atoms. The van der Waals surface area contributed by atoms with E-state index in [-0.39, 0.29) is 0 Å². The van der Waals surface area contributed by atoms with Crippen LogP contribution in [0.2, 0.25) is 0 Å². The fourth-order valence-corrected chi connectivity index (χ4v) is 0.983. The van der Waals surface area contributed by atoms with Crippen LogP contribution in [0, 0.1) is 0 Å². The predicted molar refractivity (Wildman–Crippen MR) is 46.2 cm³/mol. The minimum atomic E-state index is -0.833. The van der Waals surface area contributed by atoms with Gasteiger partial charge < -0.3 is 15.2 Å². The van der Waals surface area contributed by atoms with Gasteiger partial charge in [0, 0.05) is 20.0 Å². The molecular formula is C8H17NO3. The Hall–Kier alpha value is -0.610. The Kier molecular flexibility index (Phi) is 5.66. The van der Waals surface area contributed by atoms with Crippen LogP contribution in [0.1, 0.15) is 20.8 Å². The van der Waals surface area contributed by atoms with Crippen molar-refractivity contribution in [1.82, 2.24) is 5.32 Å². The van der Waals surface area contributed by atoms with Crippen LogP contribution in [0.3, 0.4) is 0 Å². The summed E-state index contributed by atoms with van der Waals surface area (Å²) in [6.45, 7) is 7.26. The average Bonchev–Trinajstić information content (AvgIpc) is 1.84. The fourth-order valence-electron chi connectivity index (χ4n) is 0.983. The van der Waals surface area contributed by atoms with E-state index in [9.17, 15) is 0 Å². The highest BCUT2D eigenvalue weighted by Crippen LogP contribution is 2.00. The molecule has 2 N–H and O–H groups in total. The maximum atomic E-state index is 9.00. The van der Waals surface area contributed by atoms with Crippen LogP contribution in [0.25, 0.3) is 0 Å². The number of nitrogens with one attached hydrogen (secondary N) is 1. The summed E-state index contributed by atoms with van der Waals surface area (Å²) in [5.41, 5.74) is 0. The molecule has 4 heteroatoms. The van der Waals surface area contributed by atoms with Crippen LogP contribution in [-0.2, 0) is 9.53 Å². The highest BCUT2D eigenvalue weighted by molar-refractivity contribution is 5.62. The summed E-state index contributed by atoms with van der Waals surface area (Å²) in [5, 5.41) is 10.7. The molecule has 0 aliphatic carbocycles. The first-order chi connectivity index (χ1) is 5.52. The van der Waals surface area contributed by atoms with Gasteiger partial charge in [0.1, 0.15) is 0 Å². The molecule has 1 aliphatic heterocycles. The third-order valence-electron chi connectivity index (χ3n) is 1.33. The number of morpholine rings is 1. The Morgan fingerprint density at radius 2 is 1.75 bits per heavy atom. The van der Waals surface area contributed by atoms with E-state index in [1.54, 1.807) is 0 Å². The zero-order valence-corrected chi connectivity index (χ0v) is 7.83. The van der Waals surface area contributed by atoms with Crippen LogP contribution in [0.4, 0.5) is 0 Å². The molecule has 0 bridgehead atoms. The standard InChI is InChI=1S/C6H13NO.C2H4O2/c1-5-3-7-4-6(2)8-5;1-2(3)4/h5-7H,3-4H2,1-2H3;1H3,(H,3,4). The van der Waals surface area contributed by atoms with Gasteiger partial charge in [0.2, 0.25) is 0 Å². The van der Waals surface area contributed by atoms with Crippen molar-refractivity contribution < 1.29 is 14.6 Å². The lowest BCUT2D eigenvalue weighted by molar-refractivity contribution is -0.134.